The molecule has 94 valence electrons. The Morgan fingerprint density at radius 1 is 1.28 bits per heavy atom. The number of hydrogen-bond acceptors (Lipinski definition) is 3. The molecule has 0 saturated carbocycles. The zero-order chi connectivity index (χ0) is 12.4. The fraction of sp³-hybridized carbons (Fsp3) is 0.400. The predicted octanol–water partition coefficient (Wildman–Crippen LogP) is 2.92. The average molecular weight is 258 g/mol. The van der Waals surface area contributed by atoms with Gasteiger partial charge in [0.25, 0.3) is 0 Å². The number of nitrogens with two attached hydrogens (primary N) is 1. The topological polar surface area (TPSA) is 38.9 Å². The van der Waals surface area contributed by atoms with Crippen LogP contribution in [0.4, 0.5) is 0 Å². The van der Waals surface area contributed by atoms with Crippen molar-refractivity contribution in [1.29, 1.82) is 0 Å². The standard InChI is InChI=1S/C15H18N2S/c16-9-8-15-17-13-7-6-12(10-14(13)18-15)11-4-2-1-3-5-11/h1-5,12H,6-10,16H2. The maximum atomic E-state index is 5.60. The van der Waals surface area contributed by atoms with Gasteiger partial charge in [-0.3, -0.25) is 0 Å². The first-order chi connectivity index (χ1) is 8.86. The van der Waals surface area contributed by atoms with Gasteiger partial charge in [0.15, 0.2) is 0 Å². The Bertz CT molecular complexity index is 519. The summed E-state index contributed by atoms with van der Waals surface area (Å²) < 4.78 is 0. The summed E-state index contributed by atoms with van der Waals surface area (Å²) in [5.41, 5.74) is 8.40. The van der Waals surface area contributed by atoms with Crippen LogP contribution in [0.15, 0.2) is 30.3 Å². The van der Waals surface area contributed by atoms with E-state index in [-0.39, 0.29) is 0 Å². The number of aromatic nitrogens is 1. The minimum atomic E-state index is 0.671. The lowest BCUT2D eigenvalue weighted by atomic mass is 9.85. The van der Waals surface area contributed by atoms with E-state index in [1.807, 2.05) is 11.3 Å². The van der Waals surface area contributed by atoms with E-state index >= 15 is 0 Å². The van der Waals surface area contributed by atoms with Crippen molar-refractivity contribution in [1.82, 2.24) is 4.98 Å². The van der Waals surface area contributed by atoms with Crippen LogP contribution in [0.1, 0.15) is 33.5 Å². The minimum absolute atomic E-state index is 0.671. The molecule has 0 fully saturated rings. The molecule has 0 saturated heterocycles. The molecule has 0 bridgehead atoms. The summed E-state index contributed by atoms with van der Waals surface area (Å²) in [6.45, 7) is 0.703. The average Bonchev–Trinajstić information content (AvgIpc) is 2.81. The molecular weight excluding hydrogens is 240 g/mol. The largest absolute Gasteiger partial charge is 0.330 e. The van der Waals surface area contributed by atoms with Crippen LogP contribution in [-0.4, -0.2) is 11.5 Å². The van der Waals surface area contributed by atoms with Crippen LogP contribution in [-0.2, 0) is 19.3 Å². The molecule has 1 aromatic carbocycles. The molecule has 2 nitrogen and oxygen atoms in total. The van der Waals surface area contributed by atoms with Gasteiger partial charge in [0.05, 0.1) is 10.7 Å². The van der Waals surface area contributed by atoms with Gasteiger partial charge in [0.1, 0.15) is 0 Å². The lowest BCUT2D eigenvalue weighted by Crippen LogP contribution is -2.11. The van der Waals surface area contributed by atoms with E-state index in [9.17, 15) is 0 Å². The van der Waals surface area contributed by atoms with E-state index in [0.717, 1.165) is 19.3 Å². The first-order valence-electron chi connectivity index (χ1n) is 6.59. The van der Waals surface area contributed by atoms with Gasteiger partial charge in [-0.1, -0.05) is 30.3 Å². The summed E-state index contributed by atoms with van der Waals surface area (Å²) in [6.07, 6.45) is 4.42. The molecule has 2 aromatic rings. The molecule has 1 aliphatic rings. The molecule has 3 heteroatoms. The number of benzene rings is 1. The molecule has 18 heavy (non-hydrogen) atoms. The number of hydrogen-bond donors (Lipinski definition) is 1. The van der Waals surface area contributed by atoms with Gasteiger partial charge in [-0.15, -0.1) is 11.3 Å². The van der Waals surface area contributed by atoms with Crippen LogP contribution in [0.5, 0.6) is 0 Å². The molecule has 1 aliphatic carbocycles. The first kappa shape index (κ1) is 11.9. The second kappa shape index (κ2) is 5.21. The lowest BCUT2D eigenvalue weighted by Gasteiger charge is -2.21. The van der Waals surface area contributed by atoms with Crippen molar-refractivity contribution in [2.24, 2.45) is 5.73 Å². The first-order valence-corrected chi connectivity index (χ1v) is 7.41. The van der Waals surface area contributed by atoms with E-state index in [0.29, 0.717) is 12.5 Å². The monoisotopic (exact) mass is 258 g/mol. The van der Waals surface area contributed by atoms with Gasteiger partial charge >= 0.3 is 0 Å². The highest BCUT2D eigenvalue weighted by molar-refractivity contribution is 7.11. The smallest absolute Gasteiger partial charge is 0.0943 e. The molecule has 3 rings (SSSR count). The second-order valence-corrected chi connectivity index (χ2v) is 6.03. The molecule has 2 N–H and O–H groups in total. The third kappa shape index (κ3) is 2.33. The van der Waals surface area contributed by atoms with E-state index in [2.05, 4.69) is 30.3 Å². The van der Waals surface area contributed by atoms with Crippen molar-refractivity contribution in [2.75, 3.05) is 6.54 Å². The van der Waals surface area contributed by atoms with Gasteiger partial charge < -0.3 is 5.73 Å². The Labute approximate surface area is 112 Å². The summed E-state index contributed by atoms with van der Waals surface area (Å²) in [6, 6.07) is 10.9. The predicted molar refractivity (Wildman–Crippen MR) is 76.1 cm³/mol. The van der Waals surface area contributed by atoms with Crippen molar-refractivity contribution < 1.29 is 0 Å². The van der Waals surface area contributed by atoms with Gasteiger partial charge in [0, 0.05) is 11.3 Å². The Morgan fingerprint density at radius 3 is 2.89 bits per heavy atom. The number of fused-ring (bicyclic) bond motifs is 1. The maximum absolute atomic E-state index is 5.60. The zero-order valence-electron chi connectivity index (χ0n) is 10.4. The Balaban J connectivity index is 1.80. The molecule has 1 heterocycles. The second-order valence-electron chi connectivity index (χ2n) is 4.87. The van der Waals surface area contributed by atoms with Crippen LogP contribution in [0.25, 0.3) is 0 Å². The summed E-state index contributed by atoms with van der Waals surface area (Å²) in [4.78, 5) is 6.19. The number of nitrogens with zero attached hydrogens (tertiary/aromatic N) is 1. The van der Waals surface area contributed by atoms with Gasteiger partial charge in [-0.25, -0.2) is 4.98 Å². The molecule has 1 atom stereocenters. The number of rotatable bonds is 3. The van der Waals surface area contributed by atoms with E-state index in [4.69, 9.17) is 10.7 Å². The summed E-state index contributed by atoms with van der Waals surface area (Å²) in [5.74, 6) is 0.671. The van der Waals surface area contributed by atoms with E-state index in [1.54, 1.807) is 0 Å². The minimum Gasteiger partial charge on any atom is -0.330 e. The van der Waals surface area contributed by atoms with Crippen LogP contribution < -0.4 is 5.73 Å². The lowest BCUT2D eigenvalue weighted by molar-refractivity contribution is 0.584. The van der Waals surface area contributed by atoms with Crippen molar-refractivity contribution in [3.8, 4) is 0 Å². The summed E-state index contributed by atoms with van der Waals surface area (Å²) in [7, 11) is 0. The highest BCUT2D eigenvalue weighted by Crippen LogP contribution is 2.35. The third-order valence-corrected chi connectivity index (χ3v) is 4.79. The van der Waals surface area contributed by atoms with Gasteiger partial charge in [-0.05, 0) is 37.3 Å². The molecule has 1 aromatic heterocycles. The molecule has 0 radical (unpaired) electrons. The van der Waals surface area contributed by atoms with Crippen molar-refractivity contribution >= 4 is 11.3 Å². The quantitative estimate of drug-likeness (QED) is 0.919. The van der Waals surface area contributed by atoms with E-state index in [1.165, 1.54) is 27.6 Å². The normalized spacial score (nSPS) is 18.6. The van der Waals surface area contributed by atoms with Crippen LogP contribution in [0.3, 0.4) is 0 Å². The fourth-order valence-corrected chi connectivity index (χ4v) is 3.88. The van der Waals surface area contributed by atoms with Crippen LogP contribution >= 0.6 is 11.3 Å². The number of thiazole rings is 1. The Morgan fingerprint density at radius 2 is 2.11 bits per heavy atom. The van der Waals surface area contributed by atoms with Gasteiger partial charge in [0.2, 0.25) is 0 Å². The zero-order valence-corrected chi connectivity index (χ0v) is 11.2. The molecule has 0 spiro atoms. The van der Waals surface area contributed by atoms with Crippen molar-refractivity contribution in [3.05, 3.63) is 51.5 Å². The highest BCUT2D eigenvalue weighted by atomic mass is 32.1. The highest BCUT2D eigenvalue weighted by Gasteiger charge is 2.23. The van der Waals surface area contributed by atoms with Crippen molar-refractivity contribution in [3.63, 3.8) is 0 Å². The molecule has 0 amide bonds. The van der Waals surface area contributed by atoms with Crippen LogP contribution in [0.2, 0.25) is 0 Å². The third-order valence-electron chi connectivity index (χ3n) is 3.61. The maximum Gasteiger partial charge on any atom is 0.0943 e. The van der Waals surface area contributed by atoms with E-state index < -0.39 is 0 Å². The molecule has 1 unspecified atom stereocenters. The Hall–Kier alpha value is -1.19. The van der Waals surface area contributed by atoms with Crippen LogP contribution in [0, 0.1) is 0 Å². The fourth-order valence-electron chi connectivity index (χ4n) is 2.67. The summed E-state index contributed by atoms with van der Waals surface area (Å²) >= 11 is 1.87. The molecule has 0 aliphatic heterocycles. The Kier molecular flexibility index (Phi) is 3.43. The number of aryl methyl sites for hydroxylation is 1. The van der Waals surface area contributed by atoms with Gasteiger partial charge in [-0.2, -0.15) is 0 Å². The van der Waals surface area contributed by atoms with Crippen molar-refractivity contribution in [2.45, 2.75) is 31.6 Å². The summed E-state index contributed by atoms with van der Waals surface area (Å²) in [5, 5.41) is 1.22. The molecular formula is C15H18N2S. The SMILES string of the molecule is NCCc1nc2c(s1)CC(c1ccccc1)CC2.